The van der Waals surface area contributed by atoms with Crippen molar-refractivity contribution in [1.29, 1.82) is 0 Å². The lowest BCUT2D eigenvalue weighted by Gasteiger charge is -2.17. The number of benzene rings is 2. The molecule has 0 aromatic heterocycles. The van der Waals surface area contributed by atoms with E-state index in [1.54, 1.807) is 56.3 Å². The fourth-order valence-corrected chi connectivity index (χ4v) is 2.88. The van der Waals surface area contributed by atoms with E-state index in [-0.39, 0.29) is 5.56 Å². The van der Waals surface area contributed by atoms with E-state index in [4.69, 9.17) is 0 Å². The maximum atomic E-state index is 12.4. The van der Waals surface area contributed by atoms with Crippen LogP contribution in [0.1, 0.15) is 21.5 Å². The maximum absolute atomic E-state index is 12.4. The van der Waals surface area contributed by atoms with Crippen LogP contribution in [0.3, 0.4) is 0 Å². The summed E-state index contributed by atoms with van der Waals surface area (Å²) in [4.78, 5) is 23.9. The van der Waals surface area contributed by atoms with Gasteiger partial charge in [0.05, 0.1) is 0 Å². The van der Waals surface area contributed by atoms with E-state index in [1.807, 2.05) is 0 Å². The number of halogens is 1. The number of nitrogens with zero attached hydrogens (tertiary/aromatic N) is 2. The van der Waals surface area contributed by atoms with Crippen LogP contribution in [0.25, 0.3) is 0 Å². The fourth-order valence-electron chi connectivity index (χ4n) is 2.20. The molecule has 21 heavy (non-hydrogen) atoms. The van der Waals surface area contributed by atoms with Gasteiger partial charge in [0.1, 0.15) is 5.69 Å². The summed E-state index contributed by atoms with van der Waals surface area (Å²) in [5.41, 5.74) is 1.89. The smallest absolute Gasteiger partial charge is 0.262 e. The summed E-state index contributed by atoms with van der Waals surface area (Å²) in [6.07, 6.45) is 0. The number of rotatable bonds is 3. The van der Waals surface area contributed by atoms with Gasteiger partial charge in [-0.15, -0.1) is 0 Å². The molecule has 5 nitrogen and oxygen atoms in total. The van der Waals surface area contributed by atoms with Crippen molar-refractivity contribution < 1.29 is 9.83 Å². The van der Waals surface area contributed by atoms with Crippen LogP contribution in [-0.4, -0.2) is 10.9 Å². The first-order valence-corrected chi connectivity index (χ1v) is 7.01. The maximum Gasteiger partial charge on any atom is 0.319 e. The minimum atomic E-state index is -0.682. The van der Waals surface area contributed by atoms with Crippen molar-refractivity contribution in [2.45, 2.75) is 13.8 Å². The van der Waals surface area contributed by atoms with Gasteiger partial charge in [-0.25, -0.2) is 10.1 Å². The van der Waals surface area contributed by atoms with E-state index in [2.05, 4.69) is 15.9 Å². The SMILES string of the molecule is Cc1cc(Br)cc(C)c1N(C(=O)c1ccccc1)[N+](=O)[O-]. The van der Waals surface area contributed by atoms with Crippen LogP contribution in [0.5, 0.6) is 0 Å². The Morgan fingerprint density at radius 3 is 2.14 bits per heavy atom. The molecular weight excluding hydrogens is 336 g/mol. The second-order valence-corrected chi connectivity index (χ2v) is 5.52. The van der Waals surface area contributed by atoms with Crippen molar-refractivity contribution in [3.05, 3.63) is 73.7 Å². The Kier molecular flexibility index (Phi) is 4.37. The van der Waals surface area contributed by atoms with Crippen LogP contribution in [0.4, 0.5) is 5.69 Å². The Balaban J connectivity index is 2.56. The van der Waals surface area contributed by atoms with Gasteiger partial charge in [-0.05, 0) is 54.2 Å². The lowest BCUT2D eigenvalue weighted by atomic mass is 10.1. The molecule has 0 bridgehead atoms. The molecule has 0 heterocycles. The number of carbonyl (C=O) groups excluding carboxylic acids is 1. The number of carbonyl (C=O) groups is 1. The number of nitro groups is 1. The largest absolute Gasteiger partial charge is 0.319 e. The summed E-state index contributed by atoms with van der Waals surface area (Å²) in [6.45, 7) is 3.48. The molecule has 6 heteroatoms. The van der Waals surface area contributed by atoms with Crippen molar-refractivity contribution in [3.8, 4) is 0 Å². The van der Waals surface area contributed by atoms with Crippen molar-refractivity contribution in [2.75, 3.05) is 5.01 Å². The highest BCUT2D eigenvalue weighted by Gasteiger charge is 2.30. The molecule has 0 unspecified atom stereocenters. The molecule has 1 amide bonds. The van der Waals surface area contributed by atoms with E-state index in [0.29, 0.717) is 21.8 Å². The van der Waals surface area contributed by atoms with Gasteiger partial charge in [0.15, 0.2) is 5.03 Å². The number of amides is 1. The second-order valence-electron chi connectivity index (χ2n) is 4.61. The fraction of sp³-hybridized carbons (Fsp3) is 0.133. The minimum Gasteiger partial charge on any atom is -0.262 e. The molecular formula is C15H13BrN2O3. The highest BCUT2D eigenvalue weighted by Crippen LogP contribution is 2.29. The third kappa shape index (κ3) is 3.11. The normalized spacial score (nSPS) is 10.2. The highest BCUT2D eigenvalue weighted by atomic mass is 79.9. The van der Waals surface area contributed by atoms with Gasteiger partial charge in [-0.2, -0.15) is 0 Å². The Labute approximate surface area is 130 Å². The third-order valence-corrected chi connectivity index (χ3v) is 3.50. The molecule has 0 atom stereocenters. The number of hydrogen-bond donors (Lipinski definition) is 0. The Hall–Kier alpha value is -2.21. The first-order chi connectivity index (χ1) is 9.91. The standard InChI is InChI=1S/C15H13BrN2O3/c1-10-8-13(16)9-11(2)14(10)17(18(20)21)15(19)12-6-4-3-5-7-12/h3-9H,1-2H3. The Bertz CT molecular complexity index is 678. The predicted molar refractivity (Wildman–Crippen MR) is 83.9 cm³/mol. The third-order valence-electron chi connectivity index (χ3n) is 3.04. The first-order valence-electron chi connectivity index (χ1n) is 6.22. The molecule has 0 aliphatic rings. The van der Waals surface area contributed by atoms with Crippen molar-refractivity contribution in [3.63, 3.8) is 0 Å². The first kappa shape index (κ1) is 15.2. The molecule has 0 saturated carbocycles. The molecule has 0 N–H and O–H groups in total. The van der Waals surface area contributed by atoms with Crippen LogP contribution in [0.15, 0.2) is 46.9 Å². The lowest BCUT2D eigenvalue weighted by molar-refractivity contribution is -0.481. The summed E-state index contributed by atoms with van der Waals surface area (Å²) in [6, 6.07) is 11.7. The molecule has 0 spiro atoms. The summed E-state index contributed by atoms with van der Waals surface area (Å²) >= 11 is 3.34. The molecule has 0 aliphatic heterocycles. The topological polar surface area (TPSA) is 63.5 Å². The van der Waals surface area contributed by atoms with Gasteiger partial charge >= 0.3 is 5.91 Å². The van der Waals surface area contributed by atoms with Gasteiger partial charge in [0.2, 0.25) is 0 Å². The zero-order valence-corrected chi connectivity index (χ0v) is 13.1. The molecule has 2 aromatic rings. The van der Waals surface area contributed by atoms with Gasteiger partial charge in [0, 0.05) is 10.0 Å². The monoisotopic (exact) mass is 348 g/mol. The lowest BCUT2D eigenvalue weighted by Crippen LogP contribution is -2.37. The molecule has 0 aliphatic carbocycles. The summed E-state index contributed by atoms with van der Waals surface area (Å²) in [5, 5.41) is 11.3. The van der Waals surface area contributed by atoms with E-state index >= 15 is 0 Å². The van der Waals surface area contributed by atoms with E-state index in [9.17, 15) is 14.9 Å². The molecule has 2 rings (SSSR count). The van der Waals surface area contributed by atoms with Crippen molar-refractivity contribution in [1.82, 2.24) is 0 Å². The van der Waals surface area contributed by atoms with Gasteiger partial charge < -0.3 is 0 Å². The van der Waals surface area contributed by atoms with Crippen LogP contribution in [-0.2, 0) is 0 Å². The van der Waals surface area contributed by atoms with E-state index in [1.165, 1.54) is 0 Å². The van der Waals surface area contributed by atoms with Gasteiger partial charge in [0.25, 0.3) is 0 Å². The molecule has 0 radical (unpaired) electrons. The van der Waals surface area contributed by atoms with Crippen molar-refractivity contribution >= 4 is 27.5 Å². The van der Waals surface area contributed by atoms with Crippen LogP contribution < -0.4 is 5.01 Å². The number of anilines is 1. The van der Waals surface area contributed by atoms with Crippen molar-refractivity contribution in [2.24, 2.45) is 0 Å². The summed E-state index contributed by atoms with van der Waals surface area (Å²) in [7, 11) is 0. The molecule has 0 fully saturated rings. The number of aryl methyl sites for hydroxylation is 2. The molecule has 0 saturated heterocycles. The quantitative estimate of drug-likeness (QED) is 0.624. The molecule has 2 aromatic carbocycles. The predicted octanol–water partition coefficient (Wildman–Crippen LogP) is 3.90. The number of hydrazine groups is 1. The van der Waals surface area contributed by atoms with Crippen LogP contribution in [0, 0.1) is 24.0 Å². The minimum absolute atomic E-state index is 0.274. The molecule has 108 valence electrons. The van der Waals surface area contributed by atoms with E-state index < -0.39 is 10.9 Å². The highest BCUT2D eigenvalue weighted by molar-refractivity contribution is 9.10. The summed E-state index contributed by atoms with van der Waals surface area (Å²) in [5.74, 6) is -0.658. The van der Waals surface area contributed by atoms with Crippen LogP contribution >= 0.6 is 15.9 Å². The Morgan fingerprint density at radius 2 is 1.67 bits per heavy atom. The van der Waals surface area contributed by atoms with Gasteiger partial charge in [-0.1, -0.05) is 34.1 Å². The average molecular weight is 349 g/mol. The van der Waals surface area contributed by atoms with Crippen LogP contribution in [0.2, 0.25) is 0 Å². The summed E-state index contributed by atoms with van der Waals surface area (Å²) < 4.78 is 0.816. The Morgan fingerprint density at radius 1 is 1.14 bits per heavy atom. The zero-order chi connectivity index (χ0) is 15.6. The second kappa shape index (κ2) is 6.05. The average Bonchev–Trinajstić information content (AvgIpc) is 2.42. The number of hydrogen-bond acceptors (Lipinski definition) is 3. The van der Waals surface area contributed by atoms with Gasteiger partial charge in [-0.3, -0.25) is 4.79 Å². The zero-order valence-electron chi connectivity index (χ0n) is 11.5. The van der Waals surface area contributed by atoms with E-state index in [0.717, 1.165) is 4.47 Å².